The van der Waals surface area contributed by atoms with Gasteiger partial charge in [0.2, 0.25) is 10.0 Å². The van der Waals surface area contributed by atoms with E-state index >= 15 is 0 Å². The third kappa shape index (κ3) is 4.77. The molecule has 0 saturated carbocycles. The van der Waals surface area contributed by atoms with Gasteiger partial charge in [-0.15, -0.1) is 0 Å². The highest BCUT2D eigenvalue weighted by Crippen LogP contribution is 2.22. The first-order chi connectivity index (χ1) is 9.40. The van der Waals surface area contributed by atoms with Crippen LogP contribution in [-0.2, 0) is 16.4 Å². The van der Waals surface area contributed by atoms with Gasteiger partial charge < -0.3 is 10.1 Å². The van der Waals surface area contributed by atoms with Gasteiger partial charge >= 0.3 is 0 Å². The van der Waals surface area contributed by atoms with E-state index in [1.807, 2.05) is 6.92 Å². The summed E-state index contributed by atoms with van der Waals surface area (Å²) in [5.41, 5.74) is 0.762. The molecule has 20 heavy (non-hydrogen) atoms. The number of rotatable bonds is 8. The van der Waals surface area contributed by atoms with Crippen LogP contribution >= 0.6 is 0 Å². The standard InChI is InChI=1S/C14H24N2O3S/c1-5-15-9-8-12-10-13(19-4)6-7-14(12)20(17,18)16-11(2)3/h6-7,10-11,15-16H,5,8-9H2,1-4H3. The molecule has 0 aliphatic carbocycles. The Labute approximate surface area is 121 Å². The highest BCUT2D eigenvalue weighted by atomic mass is 32.2. The van der Waals surface area contributed by atoms with Crippen LogP contribution in [0.4, 0.5) is 0 Å². The molecule has 1 aromatic carbocycles. The van der Waals surface area contributed by atoms with Crippen molar-refractivity contribution in [1.82, 2.24) is 10.0 Å². The van der Waals surface area contributed by atoms with Crippen molar-refractivity contribution >= 4 is 10.0 Å². The van der Waals surface area contributed by atoms with E-state index in [9.17, 15) is 8.42 Å². The highest BCUT2D eigenvalue weighted by molar-refractivity contribution is 7.89. The molecular weight excluding hydrogens is 276 g/mol. The fourth-order valence-corrected chi connectivity index (χ4v) is 3.41. The molecule has 0 heterocycles. The molecular formula is C14H24N2O3S. The van der Waals surface area contributed by atoms with Crippen molar-refractivity contribution in [3.05, 3.63) is 23.8 Å². The largest absolute Gasteiger partial charge is 0.497 e. The van der Waals surface area contributed by atoms with Gasteiger partial charge in [0.15, 0.2) is 0 Å². The molecule has 0 bridgehead atoms. The monoisotopic (exact) mass is 300 g/mol. The third-order valence-corrected chi connectivity index (χ3v) is 4.53. The van der Waals surface area contributed by atoms with Crippen LogP contribution < -0.4 is 14.8 Å². The first-order valence-electron chi connectivity index (χ1n) is 6.80. The average Bonchev–Trinajstić information content (AvgIpc) is 2.37. The van der Waals surface area contributed by atoms with Crippen LogP contribution in [0.1, 0.15) is 26.3 Å². The van der Waals surface area contributed by atoms with Crippen LogP contribution in [0.25, 0.3) is 0 Å². The second-order valence-corrected chi connectivity index (χ2v) is 6.54. The summed E-state index contributed by atoms with van der Waals surface area (Å²) in [4.78, 5) is 0.324. The zero-order chi connectivity index (χ0) is 15.2. The Bertz CT molecular complexity index is 527. The summed E-state index contributed by atoms with van der Waals surface area (Å²) in [5.74, 6) is 0.667. The summed E-state index contributed by atoms with van der Waals surface area (Å²) in [6.07, 6.45) is 0.638. The smallest absolute Gasteiger partial charge is 0.241 e. The fraction of sp³-hybridized carbons (Fsp3) is 0.571. The van der Waals surface area contributed by atoms with Gasteiger partial charge in [-0.25, -0.2) is 13.1 Å². The first-order valence-corrected chi connectivity index (χ1v) is 8.29. The highest BCUT2D eigenvalue weighted by Gasteiger charge is 2.19. The van der Waals surface area contributed by atoms with Gasteiger partial charge in [0, 0.05) is 6.04 Å². The minimum absolute atomic E-state index is 0.135. The number of hydrogen-bond donors (Lipinski definition) is 2. The third-order valence-electron chi connectivity index (χ3n) is 2.77. The number of hydrogen-bond acceptors (Lipinski definition) is 4. The van der Waals surface area contributed by atoms with Gasteiger partial charge in [-0.2, -0.15) is 0 Å². The quantitative estimate of drug-likeness (QED) is 0.715. The van der Waals surface area contributed by atoms with Crippen molar-refractivity contribution in [3.63, 3.8) is 0 Å². The lowest BCUT2D eigenvalue weighted by atomic mass is 10.1. The maximum Gasteiger partial charge on any atom is 0.241 e. The predicted molar refractivity (Wildman–Crippen MR) is 80.7 cm³/mol. The van der Waals surface area contributed by atoms with E-state index in [2.05, 4.69) is 10.0 Å². The topological polar surface area (TPSA) is 67.4 Å². The van der Waals surface area contributed by atoms with E-state index < -0.39 is 10.0 Å². The molecule has 0 saturated heterocycles. The predicted octanol–water partition coefficient (Wildman–Crippen LogP) is 1.53. The van der Waals surface area contributed by atoms with Gasteiger partial charge in [0.1, 0.15) is 5.75 Å². The number of likely N-dealkylation sites (N-methyl/N-ethyl adjacent to an activating group) is 1. The minimum Gasteiger partial charge on any atom is -0.497 e. The van der Waals surface area contributed by atoms with E-state index in [0.29, 0.717) is 17.1 Å². The molecule has 0 fully saturated rings. The molecule has 0 aliphatic heterocycles. The number of nitrogens with one attached hydrogen (secondary N) is 2. The van der Waals surface area contributed by atoms with Crippen molar-refractivity contribution in [2.75, 3.05) is 20.2 Å². The summed E-state index contributed by atoms with van der Waals surface area (Å²) in [6, 6.07) is 4.92. The van der Waals surface area contributed by atoms with Gasteiger partial charge in [-0.1, -0.05) is 6.92 Å². The lowest BCUT2D eigenvalue weighted by Crippen LogP contribution is -2.31. The van der Waals surface area contributed by atoms with Gasteiger partial charge in [0.05, 0.1) is 12.0 Å². The zero-order valence-electron chi connectivity index (χ0n) is 12.6. The Morgan fingerprint density at radius 1 is 1.30 bits per heavy atom. The van der Waals surface area contributed by atoms with Crippen molar-refractivity contribution in [3.8, 4) is 5.75 Å². The molecule has 2 N–H and O–H groups in total. The fourth-order valence-electron chi connectivity index (χ4n) is 1.91. The van der Waals surface area contributed by atoms with Gasteiger partial charge in [-0.05, 0) is 57.1 Å². The van der Waals surface area contributed by atoms with E-state index in [0.717, 1.165) is 18.7 Å². The van der Waals surface area contributed by atoms with Gasteiger partial charge in [0.25, 0.3) is 0 Å². The first kappa shape index (κ1) is 16.9. The molecule has 1 rings (SSSR count). The van der Waals surface area contributed by atoms with Crippen LogP contribution in [0, 0.1) is 0 Å². The molecule has 6 heteroatoms. The number of ether oxygens (including phenoxy) is 1. The van der Waals surface area contributed by atoms with E-state index in [-0.39, 0.29) is 6.04 Å². The van der Waals surface area contributed by atoms with E-state index in [4.69, 9.17) is 4.74 Å². The summed E-state index contributed by atoms with van der Waals surface area (Å²) in [6.45, 7) is 7.21. The summed E-state index contributed by atoms with van der Waals surface area (Å²) < 4.78 is 32.4. The second-order valence-electron chi connectivity index (χ2n) is 4.85. The van der Waals surface area contributed by atoms with Crippen molar-refractivity contribution in [1.29, 1.82) is 0 Å². The molecule has 0 aliphatic rings. The van der Waals surface area contributed by atoms with Crippen LogP contribution in [-0.4, -0.2) is 34.7 Å². The zero-order valence-corrected chi connectivity index (χ0v) is 13.4. The Morgan fingerprint density at radius 3 is 2.55 bits per heavy atom. The van der Waals surface area contributed by atoms with E-state index in [1.165, 1.54) is 0 Å². The molecule has 0 radical (unpaired) electrons. The molecule has 0 unspecified atom stereocenters. The molecule has 0 amide bonds. The van der Waals surface area contributed by atoms with Crippen molar-refractivity contribution in [2.24, 2.45) is 0 Å². The number of benzene rings is 1. The molecule has 0 atom stereocenters. The SMILES string of the molecule is CCNCCc1cc(OC)ccc1S(=O)(=O)NC(C)C. The Hall–Kier alpha value is -1.11. The van der Waals surface area contributed by atoms with Crippen LogP contribution in [0.5, 0.6) is 5.75 Å². The molecule has 0 spiro atoms. The molecule has 1 aromatic rings. The van der Waals surface area contributed by atoms with Gasteiger partial charge in [-0.3, -0.25) is 0 Å². The van der Waals surface area contributed by atoms with Crippen molar-refractivity contribution in [2.45, 2.75) is 38.1 Å². The van der Waals surface area contributed by atoms with Crippen LogP contribution in [0.3, 0.4) is 0 Å². The lowest BCUT2D eigenvalue weighted by Gasteiger charge is -2.14. The number of sulfonamides is 1. The van der Waals surface area contributed by atoms with Crippen molar-refractivity contribution < 1.29 is 13.2 Å². The maximum atomic E-state index is 12.3. The average molecular weight is 300 g/mol. The summed E-state index contributed by atoms with van der Waals surface area (Å²) in [7, 11) is -1.91. The van der Waals surface area contributed by atoms with Crippen LogP contribution in [0.2, 0.25) is 0 Å². The maximum absolute atomic E-state index is 12.3. The molecule has 5 nitrogen and oxygen atoms in total. The minimum atomic E-state index is -3.49. The second kappa shape index (κ2) is 7.61. The normalized spacial score (nSPS) is 11.8. The Kier molecular flexibility index (Phi) is 6.45. The molecule has 0 aromatic heterocycles. The number of methoxy groups -OCH3 is 1. The summed E-state index contributed by atoms with van der Waals surface area (Å²) >= 11 is 0. The lowest BCUT2D eigenvalue weighted by molar-refractivity contribution is 0.413. The Balaban J connectivity index is 3.10. The van der Waals surface area contributed by atoms with Crippen LogP contribution in [0.15, 0.2) is 23.1 Å². The Morgan fingerprint density at radius 2 is 2.00 bits per heavy atom. The van der Waals surface area contributed by atoms with E-state index in [1.54, 1.807) is 39.2 Å². The summed E-state index contributed by atoms with van der Waals surface area (Å²) in [5, 5.41) is 3.20. The molecule has 114 valence electrons.